The van der Waals surface area contributed by atoms with Crippen LogP contribution in [0.25, 0.3) is 0 Å². The maximum Gasteiger partial charge on any atom is 0.247 e. The summed E-state index contributed by atoms with van der Waals surface area (Å²) >= 11 is 0. The predicted molar refractivity (Wildman–Crippen MR) is 144 cm³/mol. The summed E-state index contributed by atoms with van der Waals surface area (Å²) in [5.41, 5.74) is 7.29. The second kappa shape index (κ2) is 8.56. The lowest BCUT2D eigenvalue weighted by molar-refractivity contribution is -0.120. The summed E-state index contributed by atoms with van der Waals surface area (Å²) in [6.45, 7) is 9.95. The highest BCUT2D eigenvalue weighted by Gasteiger charge is 2.54. The van der Waals surface area contributed by atoms with Gasteiger partial charge in [0.05, 0.1) is 6.54 Å². The van der Waals surface area contributed by atoms with Gasteiger partial charge in [-0.3, -0.25) is 4.79 Å². The largest absolute Gasteiger partial charge is 0.507 e. The molecule has 4 aromatic rings. The molecule has 1 aliphatic rings. The molecule has 4 heteroatoms. The van der Waals surface area contributed by atoms with Gasteiger partial charge in [0, 0.05) is 11.3 Å². The highest BCUT2D eigenvalue weighted by molar-refractivity contribution is 6.13. The van der Waals surface area contributed by atoms with Gasteiger partial charge in [0.2, 0.25) is 5.91 Å². The molecule has 1 heterocycles. The molecule has 0 radical (unpaired) electrons. The number of phenols is 2. The second-order valence-corrected chi connectivity index (χ2v) is 10.1. The van der Waals surface area contributed by atoms with E-state index in [2.05, 4.69) is 6.07 Å². The van der Waals surface area contributed by atoms with Crippen LogP contribution in [0.2, 0.25) is 0 Å². The Hall–Kier alpha value is -4.05. The van der Waals surface area contributed by atoms with E-state index in [-0.39, 0.29) is 17.4 Å². The lowest BCUT2D eigenvalue weighted by Gasteiger charge is -2.32. The molecule has 0 fully saturated rings. The van der Waals surface area contributed by atoms with Gasteiger partial charge >= 0.3 is 0 Å². The minimum Gasteiger partial charge on any atom is -0.507 e. The molecule has 0 unspecified atom stereocenters. The summed E-state index contributed by atoms with van der Waals surface area (Å²) in [4.78, 5) is 16.7. The average molecular weight is 478 g/mol. The number of carbonyl (C=O) groups is 1. The minimum absolute atomic E-state index is 0.0408. The first kappa shape index (κ1) is 23.7. The summed E-state index contributed by atoms with van der Waals surface area (Å²) in [5.74, 6) is 0.437. The molecule has 0 aromatic heterocycles. The van der Waals surface area contributed by atoms with Crippen LogP contribution in [0, 0.1) is 34.6 Å². The van der Waals surface area contributed by atoms with Crippen molar-refractivity contribution in [3.63, 3.8) is 0 Å². The fourth-order valence-corrected chi connectivity index (χ4v) is 5.61. The van der Waals surface area contributed by atoms with Gasteiger partial charge in [-0.25, -0.2) is 0 Å². The Kier molecular flexibility index (Phi) is 5.63. The van der Waals surface area contributed by atoms with Crippen LogP contribution >= 0.6 is 0 Å². The Morgan fingerprint density at radius 2 is 1.19 bits per heavy atom. The summed E-state index contributed by atoms with van der Waals surface area (Å²) in [7, 11) is 0. The molecule has 1 aliphatic heterocycles. The molecule has 0 spiro atoms. The SMILES string of the molecule is Cc1ccc2c(c1)C(c1cc(C)c(O)c(C)c1)(c1cc(C)c(O)c(C)c1)C(=O)N2Cc1ccccc1. The van der Waals surface area contributed by atoms with Crippen LogP contribution in [0.15, 0.2) is 72.8 Å². The first-order chi connectivity index (χ1) is 17.1. The van der Waals surface area contributed by atoms with Gasteiger partial charge in [0.15, 0.2) is 0 Å². The molecule has 4 nitrogen and oxygen atoms in total. The topological polar surface area (TPSA) is 60.8 Å². The molecule has 0 atom stereocenters. The van der Waals surface area contributed by atoms with Crippen LogP contribution in [0.3, 0.4) is 0 Å². The third kappa shape index (κ3) is 3.48. The van der Waals surface area contributed by atoms with Crippen LogP contribution in [-0.2, 0) is 16.8 Å². The van der Waals surface area contributed by atoms with Gasteiger partial charge in [0.25, 0.3) is 0 Å². The van der Waals surface area contributed by atoms with Crippen LogP contribution < -0.4 is 4.90 Å². The van der Waals surface area contributed by atoms with Crippen molar-refractivity contribution in [3.05, 3.63) is 123 Å². The van der Waals surface area contributed by atoms with Crippen molar-refractivity contribution in [2.75, 3.05) is 4.90 Å². The minimum atomic E-state index is -1.12. The lowest BCUT2D eigenvalue weighted by Crippen LogP contribution is -2.42. The number of aryl methyl sites for hydroxylation is 5. The van der Waals surface area contributed by atoms with Crippen LogP contribution in [0.1, 0.15) is 50.1 Å². The smallest absolute Gasteiger partial charge is 0.247 e. The first-order valence-electron chi connectivity index (χ1n) is 12.2. The summed E-state index contributed by atoms with van der Waals surface area (Å²) in [6, 6.07) is 23.9. The Labute approximate surface area is 212 Å². The number of fused-ring (bicyclic) bond motifs is 1. The van der Waals surface area contributed by atoms with Crippen molar-refractivity contribution in [2.24, 2.45) is 0 Å². The highest BCUT2D eigenvalue weighted by atomic mass is 16.3. The van der Waals surface area contributed by atoms with Crippen LogP contribution in [0.4, 0.5) is 5.69 Å². The van der Waals surface area contributed by atoms with E-state index >= 15 is 0 Å². The maximum absolute atomic E-state index is 14.8. The Morgan fingerprint density at radius 3 is 1.69 bits per heavy atom. The highest BCUT2D eigenvalue weighted by Crippen LogP contribution is 2.52. The van der Waals surface area contributed by atoms with E-state index in [1.165, 1.54) is 0 Å². The van der Waals surface area contributed by atoms with Crippen molar-refractivity contribution in [3.8, 4) is 11.5 Å². The van der Waals surface area contributed by atoms with E-state index in [0.717, 1.165) is 55.8 Å². The standard InChI is InChI=1S/C32H31NO3/c1-19-11-12-28-27(13-19)32(25-14-20(2)29(34)21(3)15-25,26-16-22(4)30(35)23(5)17-26)31(36)33(28)18-24-9-7-6-8-10-24/h6-17,34-35H,18H2,1-5H3. The quantitative estimate of drug-likeness (QED) is 0.352. The van der Waals surface area contributed by atoms with Gasteiger partial charge in [0.1, 0.15) is 16.9 Å². The molecular formula is C32H31NO3. The molecule has 4 aromatic carbocycles. The summed E-state index contributed by atoms with van der Waals surface area (Å²) in [6.07, 6.45) is 0. The van der Waals surface area contributed by atoms with E-state index in [1.807, 2.05) is 106 Å². The van der Waals surface area contributed by atoms with E-state index in [1.54, 1.807) is 0 Å². The predicted octanol–water partition coefficient (Wildman–Crippen LogP) is 6.52. The number of aromatic hydroxyl groups is 2. The zero-order valence-electron chi connectivity index (χ0n) is 21.4. The zero-order chi connectivity index (χ0) is 25.8. The third-order valence-electron chi connectivity index (χ3n) is 7.44. The summed E-state index contributed by atoms with van der Waals surface area (Å²) < 4.78 is 0. The number of hydrogen-bond acceptors (Lipinski definition) is 3. The van der Waals surface area contributed by atoms with E-state index in [4.69, 9.17) is 0 Å². The maximum atomic E-state index is 14.8. The molecule has 0 saturated carbocycles. The van der Waals surface area contributed by atoms with Crippen molar-refractivity contribution in [2.45, 2.75) is 46.6 Å². The number of benzene rings is 4. The first-order valence-corrected chi connectivity index (χ1v) is 12.2. The normalized spacial score (nSPS) is 14.2. The summed E-state index contributed by atoms with van der Waals surface area (Å²) in [5, 5.41) is 21.2. The molecule has 0 bridgehead atoms. The van der Waals surface area contributed by atoms with Gasteiger partial charge in [-0.2, -0.15) is 0 Å². The van der Waals surface area contributed by atoms with Gasteiger partial charge in [-0.05, 0) is 79.6 Å². The molecule has 36 heavy (non-hydrogen) atoms. The molecule has 2 N–H and O–H groups in total. The molecule has 0 saturated heterocycles. The number of phenolic OH excluding ortho intramolecular Hbond substituents is 2. The van der Waals surface area contributed by atoms with Crippen molar-refractivity contribution >= 4 is 11.6 Å². The Balaban J connectivity index is 1.87. The zero-order valence-corrected chi connectivity index (χ0v) is 21.4. The van der Waals surface area contributed by atoms with Crippen LogP contribution in [-0.4, -0.2) is 16.1 Å². The average Bonchev–Trinajstić information content (AvgIpc) is 3.08. The monoisotopic (exact) mass is 477 g/mol. The second-order valence-electron chi connectivity index (χ2n) is 10.1. The number of hydrogen-bond donors (Lipinski definition) is 2. The number of nitrogens with zero attached hydrogens (tertiary/aromatic N) is 1. The Morgan fingerprint density at radius 1 is 0.694 bits per heavy atom. The number of anilines is 1. The van der Waals surface area contributed by atoms with Gasteiger partial charge < -0.3 is 15.1 Å². The number of rotatable bonds is 4. The van der Waals surface area contributed by atoms with Crippen molar-refractivity contribution in [1.82, 2.24) is 0 Å². The van der Waals surface area contributed by atoms with Crippen LogP contribution in [0.5, 0.6) is 11.5 Å². The van der Waals surface area contributed by atoms with E-state index in [9.17, 15) is 15.0 Å². The van der Waals surface area contributed by atoms with Crippen molar-refractivity contribution in [1.29, 1.82) is 0 Å². The van der Waals surface area contributed by atoms with Gasteiger partial charge in [-0.1, -0.05) is 72.3 Å². The van der Waals surface area contributed by atoms with E-state index in [0.29, 0.717) is 6.54 Å². The molecule has 1 amide bonds. The number of amides is 1. The van der Waals surface area contributed by atoms with Gasteiger partial charge in [-0.15, -0.1) is 0 Å². The number of carbonyl (C=O) groups excluding carboxylic acids is 1. The Bertz CT molecular complexity index is 1400. The third-order valence-corrected chi connectivity index (χ3v) is 7.44. The lowest BCUT2D eigenvalue weighted by atomic mass is 9.68. The van der Waals surface area contributed by atoms with Crippen molar-refractivity contribution < 1.29 is 15.0 Å². The molecule has 0 aliphatic carbocycles. The molecule has 182 valence electrons. The fraction of sp³-hybridized carbons (Fsp3) is 0.219. The van der Waals surface area contributed by atoms with E-state index < -0.39 is 5.41 Å². The molecular weight excluding hydrogens is 446 g/mol. The fourth-order valence-electron chi connectivity index (χ4n) is 5.61. The molecule has 5 rings (SSSR count).